The first-order valence-corrected chi connectivity index (χ1v) is 11.0. The van der Waals surface area contributed by atoms with Crippen LogP contribution in [0.1, 0.15) is 24.0 Å². The lowest BCUT2D eigenvalue weighted by Gasteiger charge is -2.26. The standard InChI is InChI=1S/C22H18Br2N4O3/c1-3-30-13-6-4-11(5-7-13)19-18-17(14-8-12(23)9-16(24)20(14)29-2)15(10-25)21(26)31-22(18)28-27-19/h4-9,17H,3,26H2,1-2H3,(H,27,28). The van der Waals surface area contributed by atoms with Gasteiger partial charge in [-0.05, 0) is 59.3 Å². The molecule has 0 saturated carbocycles. The Morgan fingerprint density at radius 1 is 1.26 bits per heavy atom. The second kappa shape index (κ2) is 8.65. The molecule has 7 nitrogen and oxygen atoms in total. The van der Waals surface area contributed by atoms with Crippen LogP contribution in [0.2, 0.25) is 0 Å². The van der Waals surface area contributed by atoms with E-state index in [1.807, 2.05) is 43.3 Å². The molecular weight excluding hydrogens is 528 g/mol. The molecule has 0 amide bonds. The van der Waals surface area contributed by atoms with Crippen LogP contribution in [0, 0.1) is 11.3 Å². The summed E-state index contributed by atoms with van der Waals surface area (Å²) in [5.41, 5.74) is 9.44. The number of H-pyrrole nitrogens is 1. The number of halogens is 2. The summed E-state index contributed by atoms with van der Waals surface area (Å²) >= 11 is 7.08. The minimum absolute atomic E-state index is 0.0166. The molecule has 4 rings (SSSR count). The first-order chi connectivity index (χ1) is 15.0. The van der Waals surface area contributed by atoms with Gasteiger partial charge in [0.15, 0.2) is 0 Å². The Morgan fingerprint density at radius 2 is 2.00 bits per heavy atom. The van der Waals surface area contributed by atoms with Gasteiger partial charge in [0.1, 0.15) is 23.1 Å². The SMILES string of the molecule is CCOc1ccc(-c2[nH]nc3c2C(c2cc(Br)cc(Br)c2OC)C(C#N)=C(N)O3)cc1. The van der Waals surface area contributed by atoms with Crippen LogP contribution in [-0.2, 0) is 0 Å². The number of benzene rings is 2. The molecule has 1 unspecified atom stereocenters. The Bertz CT molecular complexity index is 1210. The number of hydrogen-bond acceptors (Lipinski definition) is 6. The average Bonchev–Trinajstić information content (AvgIpc) is 3.16. The van der Waals surface area contributed by atoms with E-state index in [9.17, 15) is 5.26 Å². The van der Waals surface area contributed by atoms with E-state index in [4.69, 9.17) is 19.9 Å². The van der Waals surface area contributed by atoms with Crippen molar-refractivity contribution < 1.29 is 14.2 Å². The van der Waals surface area contributed by atoms with Gasteiger partial charge in [0, 0.05) is 15.6 Å². The molecule has 0 spiro atoms. The number of fused-ring (bicyclic) bond motifs is 1. The monoisotopic (exact) mass is 544 g/mol. The number of aromatic nitrogens is 2. The fraction of sp³-hybridized carbons (Fsp3) is 0.182. The molecule has 3 aromatic rings. The number of nitrogens with one attached hydrogen (secondary N) is 1. The van der Waals surface area contributed by atoms with Gasteiger partial charge in [0.2, 0.25) is 11.8 Å². The molecule has 31 heavy (non-hydrogen) atoms. The largest absolute Gasteiger partial charge is 0.495 e. The van der Waals surface area contributed by atoms with Gasteiger partial charge in [-0.15, -0.1) is 5.10 Å². The number of hydrogen-bond donors (Lipinski definition) is 2. The van der Waals surface area contributed by atoms with Crippen molar-refractivity contribution in [2.75, 3.05) is 13.7 Å². The maximum atomic E-state index is 9.94. The summed E-state index contributed by atoms with van der Waals surface area (Å²) in [4.78, 5) is 0. The lowest BCUT2D eigenvalue weighted by atomic mass is 9.82. The normalized spacial score (nSPS) is 15.1. The van der Waals surface area contributed by atoms with Crippen molar-refractivity contribution in [1.82, 2.24) is 10.2 Å². The zero-order valence-corrected chi connectivity index (χ0v) is 19.9. The summed E-state index contributed by atoms with van der Waals surface area (Å²) in [5.74, 6) is 1.16. The third-order valence-electron chi connectivity index (χ3n) is 4.95. The molecule has 2 aromatic carbocycles. The summed E-state index contributed by atoms with van der Waals surface area (Å²) in [6.45, 7) is 2.52. The van der Waals surface area contributed by atoms with Gasteiger partial charge in [0.25, 0.3) is 0 Å². The molecule has 0 saturated heterocycles. The molecule has 3 N–H and O–H groups in total. The smallest absolute Gasteiger partial charge is 0.244 e. The van der Waals surface area contributed by atoms with Crippen LogP contribution in [0.4, 0.5) is 0 Å². The van der Waals surface area contributed by atoms with Crippen molar-refractivity contribution in [2.45, 2.75) is 12.8 Å². The minimum atomic E-state index is -0.544. The van der Waals surface area contributed by atoms with Crippen LogP contribution in [0.3, 0.4) is 0 Å². The average molecular weight is 546 g/mol. The summed E-state index contributed by atoms with van der Waals surface area (Å²) in [7, 11) is 1.58. The van der Waals surface area contributed by atoms with Gasteiger partial charge in [-0.2, -0.15) is 5.26 Å². The Balaban J connectivity index is 1.94. The number of nitriles is 1. The van der Waals surface area contributed by atoms with E-state index in [2.05, 4.69) is 48.1 Å². The second-order valence-corrected chi connectivity index (χ2v) is 8.48. The summed E-state index contributed by atoms with van der Waals surface area (Å²) in [6.07, 6.45) is 0. The molecule has 1 aliphatic heterocycles. The highest BCUT2D eigenvalue weighted by Gasteiger charge is 2.37. The van der Waals surface area contributed by atoms with E-state index in [1.165, 1.54) is 0 Å². The molecule has 1 aliphatic rings. The van der Waals surface area contributed by atoms with Crippen molar-refractivity contribution in [3.8, 4) is 34.7 Å². The first-order valence-electron chi connectivity index (χ1n) is 9.40. The van der Waals surface area contributed by atoms with Gasteiger partial charge in [-0.25, -0.2) is 0 Å². The molecule has 0 bridgehead atoms. The molecule has 0 fully saturated rings. The molecular formula is C22H18Br2N4O3. The Hall–Kier alpha value is -2.96. The van der Waals surface area contributed by atoms with Crippen molar-refractivity contribution in [2.24, 2.45) is 5.73 Å². The fourth-order valence-electron chi connectivity index (χ4n) is 3.67. The maximum absolute atomic E-state index is 9.94. The van der Waals surface area contributed by atoms with Gasteiger partial charge < -0.3 is 19.9 Å². The third-order valence-corrected chi connectivity index (χ3v) is 5.99. The van der Waals surface area contributed by atoms with Gasteiger partial charge >= 0.3 is 0 Å². The van der Waals surface area contributed by atoms with Crippen molar-refractivity contribution >= 4 is 31.9 Å². The lowest BCUT2D eigenvalue weighted by molar-refractivity contribution is 0.340. The van der Waals surface area contributed by atoms with E-state index in [0.717, 1.165) is 31.5 Å². The molecule has 0 aliphatic carbocycles. The van der Waals surface area contributed by atoms with Crippen molar-refractivity contribution in [3.05, 3.63) is 67.9 Å². The minimum Gasteiger partial charge on any atom is -0.495 e. The second-order valence-electron chi connectivity index (χ2n) is 6.71. The van der Waals surface area contributed by atoms with Crippen LogP contribution >= 0.6 is 31.9 Å². The van der Waals surface area contributed by atoms with E-state index in [0.29, 0.717) is 23.8 Å². The maximum Gasteiger partial charge on any atom is 0.244 e. The van der Waals surface area contributed by atoms with E-state index in [1.54, 1.807) is 7.11 Å². The topological polar surface area (TPSA) is 106 Å². The number of aromatic amines is 1. The Kier molecular flexibility index (Phi) is 5.94. The zero-order chi connectivity index (χ0) is 22.1. The highest BCUT2D eigenvalue weighted by atomic mass is 79.9. The Labute approximate surface area is 196 Å². The van der Waals surface area contributed by atoms with Crippen LogP contribution in [0.25, 0.3) is 11.3 Å². The first kappa shape index (κ1) is 21.3. The third kappa shape index (κ3) is 3.77. The number of nitrogens with zero attached hydrogens (tertiary/aromatic N) is 2. The van der Waals surface area contributed by atoms with Crippen molar-refractivity contribution in [3.63, 3.8) is 0 Å². The van der Waals surface area contributed by atoms with Crippen LogP contribution in [-0.4, -0.2) is 23.9 Å². The van der Waals surface area contributed by atoms with Crippen LogP contribution in [0.15, 0.2) is 56.8 Å². The predicted octanol–water partition coefficient (Wildman–Crippen LogP) is 5.23. The summed E-state index contributed by atoms with van der Waals surface area (Å²) in [5, 5.41) is 17.3. The van der Waals surface area contributed by atoms with Crippen molar-refractivity contribution in [1.29, 1.82) is 5.26 Å². The predicted molar refractivity (Wildman–Crippen MR) is 123 cm³/mol. The van der Waals surface area contributed by atoms with Crippen LogP contribution in [0.5, 0.6) is 17.4 Å². The summed E-state index contributed by atoms with van der Waals surface area (Å²) < 4.78 is 18.5. The lowest BCUT2D eigenvalue weighted by Crippen LogP contribution is -2.21. The van der Waals surface area contributed by atoms with Gasteiger partial charge in [-0.3, -0.25) is 5.10 Å². The van der Waals surface area contributed by atoms with Gasteiger partial charge in [0.05, 0.1) is 35.4 Å². The quantitative estimate of drug-likeness (QED) is 0.455. The zero-order valence-electron chi connectivity index (χ0n) is 16.7. The van der Waals surface area contributed by atoms with E-state index < -0.39 is 5.92 Å². The number of methoxy groups -OCH3 is 1. The fourth-order valence-corrected chi connectivity index (χ4v) is 5.09. The number of allylic oxidation sites excluding steroid dienone is 1. The molecule has 158 valence electrons. The highest BCUT2D eigenvalue weighted by Crippen LogP contribution is 2.49. The highest BCUT2D eigenvalue weighted by molar-refractivity contribution is 9.11. The molecule has 0 radical (unpaired) electrons. The molecule has 9 heteroatoms. The Morgan fingerprint density at radius 3 is 2.65 bits per heavy atom. The van der Waals surface area contributed by atoms with E-state index >= 15 is 0 Å². The molecule has 1 aromatic heterocycles. The van der Waals surface area contributed by atoms with Gasteiger partial charge in [-0.1, -0.05) is 15.9 Å². The molecule has 1 atom stereocenters. The number of ether oxygens (including phenoxy) is 3. The number of nitrogens with two attached hydrogens (primary N) is 1. The molecule has 2 heterocycles. The van der Waals surface area contributed by atoms with E-state index in [-0.39, 0.29) is 11.5 Å². The number of rotatable bonds is 5. The van der Waals surface area contributed by atoms with Crippen LogP contribution < -0.4 is 19.9 Å². The summed E-state index contributed by atoms with van der Waals surface area (Å²) in [6, 6.07) is 13.6.